The number of likely N-dealkylation sites (tertiary alicyclic amines) is 1. The van der Waals surface area contributed by atoms with Gasteiger partial charge in [-0.1, -0.05) is 18.2 Å². The zero-order chi connectivity index (χ0) is 21.5. The number of aromatic nitrogens is 1. The van der Waals surface area contributed by atoms with Crippen molar-refractivity contribution in [3.05, 3.63) is 36.0 Å². The van der Waals surface area contributed by atoms with Crippen molar-refractivity contribution in [2.75, 3.05) is 26.2 Å². The summed E-state index contributed by atoms with van der Waals surface area (Å²) in [6.45, 7) is 6.55. The Morgan fingerprint density at radius 3 is 2.57 bits per heavy atom. The zero-order valence-electron chi connectivity index (χ0n) is 17.9. The highest BCUT2D eigenvalue weighted by molar-refractivity contribution is 6.45. The molecule has 0 aliphatic carbocycles. The molecule has 7 nitrogen and oxygen atoms in total. The number of para-hydroxylation sites is 1. The Morgan fingerprint density at radius 2 is 1.83 bits per heavy atom. The molecule has 7 heteroatoms. The van der Waals surface area contributed by atoms with Crippen molar-refractivity contribution in [1.29, 1.82) is 0 Å². The van der Waals surface area contributed by atoms with Crippen molar-refractivity contribution >= 4 is 28.5 Å². The van der Waals surface area contributed by atoms with Gasteiger partial charge in [0.2, 0.25) is 5.91 Å². The quantitative estimate of drug-likeness (QED) is 0.389. The van der Waals surface area contributed by atoms with E-state index in [-0.39, 0.29) is 18.6 Å². The van der Waals surface area contributed by atoms with Gasteiger partial charge < -0.3 is 19.5 Å². The number of Topliss-reactive ketones (excluding diaryl/α,β-unsaturated/α-hetero) is 1. The first-order valence-electron chi connectivity index (χ1n) is 10.8. The number of ketones is 1. The summed E-state index contributed by atoms with van der Waals surface area (Å²) < 4.78 is 7.22. The third kappa shape index (κ3) is 5.48. The lowest BCUT2D eigenvalue weighted by atomic mass is 10.1. The van der Waals surface area contributed by atoms with Crippen LogP contribution in [0.1, 0.15) is 49.9 Å². The van der Waals surface area contributed by atoms with Crippen LogP contribution in [0.4, 0.5) is 0 Å². The predicted octanol–water partition coefficient (Wildman–Crippen LogP) is 2.77. The average molecular weight is 414 g/mol. The summed E-state index contributed by atoms with van der Waals surface area (Å²) in [4.78, 5) is 39.7. The van der Waals surface area contributed by atoms with Gasteiger partial charge in [-0.05, 0) is 45.6 Å². The van der Waals surface area contributed by atoms with E-state index >= 15 is 0 Å². The number of hydrogen-bond donors (Lipinski definition) is 1. The first-order chi connectivity index (χ1) is 14.5. The van der Waals surface area contributed by atoms with Gasteiger partial charge in [-0.3, -0.25) is 14.4 Å². The Hall–Kier alpha value is -2.67. The highest BCUT2D eigenvalue weighted by Gasteiger charge is 2.23. The molecule has 0 unspecified atom stereocenters. The Kier molecular flexibility index (Phi) is 7.63. The van der Waals surface area contributed by atoms with E-state index in [9.17, 15) is 14.4 Å². The van der Waals surface area contributed by atoms with Crippen molar-refractivity contribution in [1.82, 2.24) is 14.8 Å². The van der Waals surface area contributed by atoms with E-state index in [1.54, 1.807) is 10.8 Å². The van der Waals surface area contributed by atoms with Gasteiger partial charge >= 0.3 is 0 Å². The Balaban J connectivity index is 1.69. The molecule has 0 atom stereocenters. The molecule has 3 rings (SSSR count). The standard InChI is InChI=1S/C23H31N3O4/c1-17(2)30-14-8-11-24-23(29)22(28)19-15-26(20-10-5-4-9-18(19)20)16-21(27)25-12-6-3-7-13-25/h4-5,9-10,15,17H,3,6-8,11-14,16H2,1-2H3,(H,24,29). The van der Waals surface area contributed by atoms with Crippen LogP contribution in [0, 0.1) is 0 Å². The molecule has 0 bridgehead atoms. The average Bonchev–Trinajstić information content (AvgIpc) is 3.11. The summed E-state index contributed by atoms with van der Waals surface area (Å²) in [7, 11) is 0. The van der Waals surface area contributed by atoms with Gasteiger partial charge in [-0.15, -0.1) is 0 Å². The number of carbonyl (C=O) groups excluding carboxylic acids is 3. The van der Waals surface area contributed by atoms with Gasteiger partial charge in [0.05, 0.1) is 11.7 Å². The molecule has 2 amide bonds. The number of fused-ring (bicyclic) bond motifs is 1. The van der Waals surface area contributed by atoms with E-state index in [0.29, 0.717) is 30.5 Å². The first kappa shape index (κ1) is 22.0. The monoisotopic (exact) mass is 413 g/mol. The van der Waals surface area contributed by atoms with Crippen molar-refractivity contribution in [3.63, 3.8) is 0 Å². The molecule has 1 aromatic carbocycles. The molecule has 1 N–H and O–H groups in total. The van der Waals surface area contributed by atoms with Crippen molar-refractivity contribution in [2.45, 2.75) is 52.2 Å². The smallest absolute Gasteiger partial charge is 0.292 e. The minimum Gasteiger partial charge on any atom is -0.379 e. The topological polar surface area (TPSA) is 80.6 Å². The fraction of sp³-hybridized carbons (Fsp3) is 0.522. The van der Waals surface area contributed by atoms with Gasteiger partial charge in [-0.2, -0.15) is 0 Å². The summed E-state index contributed by atoms with van der Waals surface area (Å²) in [5.74, 6) is -1.17. The molecule has 0 saturated carbocycles. The van der Waals surface area contributed by atoms with E-state index in [2.05, 4.69) is 5.32 Å². The number of ether oxygens (including phenoxy) is 1. The minimum absolute atomic E-state index is 0.0454. The molecule has 1 fully saturated rings. The molecule has 162 valence electrons. The highest BCUT2D eigenvalue weighted by Crippen LogP contribution is 2.22. The number of amides is 2. The molecule has 30 heavy (non-hydrogen) atoms. The first-order valence-corrected chi connectivity index (χ1v) is 10.8. The second-order valence-electron chi connectivity index (χ2n) is 7.99. The maximum Gasteiger partial charge on any atom is 0.292 e. The lowest BCUT2D eigenvalue weighted by molar-refractivity contribution is -0.132. The van der Waals surface area contributed by atoms with Crippen LogP contribution in [0.5, 0.6) is 0 Å². The summed E-state index contributed by atoms with van der Waals surface area (Å²) >= 11 is 0. The molecule has 2 heterocycles. The van der Waals surface area contributed by atoms with Gasteiger partial charge in [0.15, 0.2) is 0 Å². The van der Waals surface area contributed by atoms with Crippen molar-refractivity contribution in [3.8, 4) is 0 Å². The maximum absolute atomic E-state index is 12.8. The number of carbonyl (C=O) groups is 3. The second kappa shape index (κ2) is 10.4. The van der Waals surface area contributed by atoms with Crippen molar-refractivity contribution < 1.29 is 19.1 Å². The lowest BCUT2D eigenvalue weighted by Gasteiger charge is -2.27. The maximum atomic E-state index is 12.8. The number of rotatable bonds is 9. The molecule has 1 aromatic heterocycles. The van der Waals surface area contributed by atoms with Crippen LogP contribution in [-0.2, 0) is 20.9 Å². The Bertz CT molecular complexity index is 897. The lowest BCUT2D eigenvalue weighted by Crippen LogP contribution is -2.37. The summed E-state index contributed by atoms with van der Waals surface area (Å²) in [6, 6.07) is 7.38. The van der Waals surface area contributed by atoms with E-state index in [1.165, 1.54) is 0 Å². The number of piperidine rings is 1. The number of benzene rings is 1. The third-order valence-electron chi connectivity index (χ3n) is 5.31. The SMILES string of the molecule is CC(C)OCCCNC(=O)C(=O)c1cn(CC(=O)N2CCCCC2)c2ccccc12. The van der Waals surface area contributed by atoms with Crippen LogP contribution < -0.4 is 5.32 Å². The van der Waals surface area contributed by atoms with Crippen LogP contribution in [0.3, 0.4) is 0 Å². The molecule has 0 radical (unpaired) electrons. The molecular weight excluding hydrogens is 382 g/mol. The Morgan fingerprint density at radius 1 is 1.10 bits per heavy atom. The van der Waals surface area contributed by atoms with E-state index in [1.807, 2.05) is 43.0 Å². The zero-order valence-corrected chi connectivity index (χ0v) is 17.9. The summed E-state index contributed by atoms with van der Waals surface area (Å²) in [5.41, 5.74) is 1.11. The molecule has 0 spiro atoms. The minimum atomic E-state index is -0.634. The largest absolute Gasteiger partial charge is 0.379 e. The fourth-order valence-electron chi connectivity index (χ4n) is 3.74. The predicted molar refractivity (Wildman–Crippen MR) is 115 cm³/mol. The van der Waals surface area contributed by atoms with Crippen LogP contribution in [0.2, 0.25) is 0 Å². The Labute approximate surface area is 177 Å². The molecule has 2 aromatic rings. The van der Waals surface area contributed by atoms with Gasteiger partial charge in [-0.25, -0.2) is 0 Å². The van der Waals surface area contributed by atoms with Gasteiger partial charge in [0, 0.05) is 43.3 Å². The van der Waals surface area contributed by atoms with Crippen LogP contribution in [0.25, 0.3) is 10.9 Å². The van der Waals surface area contributed by atoms with Crippen LogP contribution in [-0.4, -0.2) is 59.4 Å². The fourth-order valence-corrected chi connectivity index (χ4v) is 3.74. The van der Waals surface area contributed by atoms with Crippen LogP contribution in [0.15, 0.2) is 30.5 Å². The number of nitrogens with one attached hydrogen (secondary N) is 1. The molecular formula is C23H31N3O4. The van der Waals surface area contributed by atoms with E-state index in [4.69, 9.17) is 4.74 Å². The van der Waals surface area contributed by atoms with E-state index < -0.39 is 11.7 Å². The van der Waals surface area contributed by atoms with Gasteiger partial charge in [0.25, 0.3) is 11.7 Å². The normalized spacial score (nSPS) is 14.3. The number of hydrogen-bond acceptors (Lipinski definition) is 4. The summed E-state index contributed by atoms with van der Waals surface area (Å²) in [5, 5.41) is 3.36. The van der Waals surface area contributed by atoms with E-state index in [0.717, 1.165) is 37.9 Å². The second-order valence-corrected chi connectivity index (χ2v) is 7.99. The third-order valence-corrected chi connectivity index (χ3v) is 5.31. The molecule has 1 aliphatic heterocycles. The van der Waals surface area contributed by atoms with Crippen molar-refractivity contribution in [2.24, 2.45) is 0 Å². The highest BCUT2D eigenvalue weighted by atomic mass is 16.5. The molecule has 1 aliphatic rings. The van der Waals surface area contributed by atoms with Gasteiger partial charge in [0.1, 0.15) is 6.54 Å². The summed E-state index contributed by atoms with van der Waals surface area (Å²) in [6.07, 6.45) is 5.64. The number of nitrogens with zero attached hydrogens (tertiary/aromatic N) is 2. The molecule has 1 saturated heterocycles. The van der Waals surface area contributed by atoms with Crippen LogP contribution >= 0.6 is 0 Å².